The van der Waals surface area contributed by atoms with Gasteiger partial charge in [0.1, 0.15) is 0 Å². The SMILES string of the molecule is Cc1ccc(C(=O)Nc2cc(N3CCN(C)CC3)cc(C(C)(C)C#N)c2)cc1C#Cc1cnc(N)c(F)c1. The number of hydrogen-bond acceptors (Lipinski definition) is 6. The third-order valence-electron chi connectivity index (χ3n) is 6.76. The molecule has 0 aliphatic carbocycles. The molecule has 2 heterocycles. The lowest BCUT2D eigenvalue weighted by Gasteiger charge is -2.35. The van der Waals surface area contributed by atoms with Gasteiger partial charge in [-0.15, -0.1) is 0 Å². The second-order valence-electron chi connectivity index (χ2n) is 10.1. The fourth-order valence-corrected chi connectivity index (χ4v) is 4.11. The van der Waals surface area contributed by atoms with Crippen LogP contribution in [-0.2, 0) is 5.41 Å². The van der Waals surface area contributed by atoms with Crippen LogP contribution >= 0.6 is 0 Å². The maximum atomic E-state index is 13.7. The van der Waals surface area contributed by atoms with Crippen LogP contribution in [0.5, 0.6) is 0 Å². The van der Waals surface area contributed by atoms with Gasteiger partial charge in [-0.05, 0) is 75.3 Å². The Labute approximate surface area is 223 Å². The van der Waals surface area contributed by atoms with Crippen molar-refractivity contribution in [2.24, 2.45) is 0 Å². The standard InChI is InChI=1S/C30H31FN6O/c1-20-5-7-23(14-22(20)8-6-21-13-27(31)28(33)34-18-21)29(38)35-25-15-24(30(2,3)19-32)16-26(17-25)37-11-9-36(4)10-12-37/h5,7,13-18H,9-12H2,1-4H3,(H2,33,34)(H,35,38). The molecule has 3 aromatic rings. The van der Waals surface area contributed by atoms with Gasteiger partial charge in [0.25, 0.3) is 5.91 Å². The molecule has 1 aliphatic rings. The molecular formula is C30H31FN6O. The minimum absolute atomic E-state index is 0.177. The van der Waals surface area contributed by atoms with Crippen LogP contribution in [0.3, 0.4) is 0 Å². The quantitative estimate of drug-likeness (QED) is 0.508. The van der Waals surface area contributed by atoms with E-state index in [9.17, 15) is 14.4 Å². The molecule has 0 spiro atoms. The first-order valence-electron chi connectivity index (χ1n) is 12.4. The van der Waals surface area contributed by atoms with Crippen molar-refractivity contribution in [3.05, 3.63) is 82.3 Å². The molecule has 7 nitrogen and oxygen atoms in total. The number of carbonyl (C=O) groups excluding carboxylic acids is 1. The molecule has 1 amide bonds. The molecule has 194 valence electrons. The van der Waals surface area contributed by atoms with Crippen molar-refractivity contribution >= 4 is 23.1 Å². The monoisotopic (exact) mass is 510 g/mol. The van der Waals surface area contributed by atoms with E-state index in [2.05, 4.69) is 45.1 Å². The topological polar surface area (TPSA) is 98.3 Å². The molecule has 1 aliphatic heterocycles. The Morgan fingerprint density at radius 3 is 2.53 bits per heavy atom. The number of nitrogens with zero attached hydrogens (tertiary/aromatic N) is 4. The Bertz CT molecular complexity index is 1470. The lowest BCUT2D eigenvalue weighted by molar-refractivity contribution is 0.102. The van der Waals surface area contributed by atoms with Crippen LogP contribution in [-0.4, -0.2) is 49.0 Å². The summed E-state index contributed by atoms with van der Waals surface area (Å²) in [6, 6.07) is 14.7. The number of amides is 1. The fraction of sp³-hybridized carbons (Fsp3) is 0.300. The van der Waals surface area contributed by atoms with Gasteiger partial charge in [0, 0.05) is 60.4 Å². The number of halogens is 1. The summed E-state index contributed by atoms with van der Waals surface area (Å²) in [5.74, 6) is 4.80. The number of nitriles is 1. The Balaban J connectivity index is 1.62. The van der Waals surface area contributed by atoms with Crippen molar-refractivity contribution in [3.63, 3.8) is 0 Å². The van der Waals surface area contributed by atoms with Gasteiger partial charge in [0.05, 0.1) is 11.5 Å². The number of piperazine rings is 1. The van der Waals surface area contributed by atoms with Gasteiger partial charge in [0.2, 0.25) is 0 Å². The summed E-state index contributed by atoms with van der Waals surface area (Å²) in [6.45, 7) is 9.26. The third kappa shape index (κ3) is 6.11. The molecule has 0 saturated carbocycles. The normalized spacial score (nSPS) is 13.8. The molecule has 0 atom stereocenters. The van der Waals surface area contributed by atoms with Crippen LogP contribution in [0, 0.1) is 35.9 Å². The molecular weight excluding hydrogens is 479 g/mol. The summed E-state index contributed by atoms with van der Waals surface area (Å²) in [6.07, 6.45) is 1.41. The van der Waals surface area contributed by atoms with Crippen molar-refractivity contribution < 1.29 is 9.18 Å². The minimum Gasteiger partial charge on any atom is -0.381 e. The van der Waals surface area contributed by atoms with Crippen LogP contribution in [0.2, 0.25) is 0 Å². The number of nitrogens with two attached hydrogens (primary N) is 1. The molecule has 8 heteroatoms. The van der Waals surface area contributed by atoms with Crippen LogP contribution in [0.4, 0.5) is 21.6 Å². The summed E-state index contributed by atoms with van der Waals surface area (Å²) in [5.41, 5.74) is 9.52. The van der Waals surface area contributed by atoms with E-state index >= 15 is 0 Å². The summed E-state index contributed by atoms with van der Waals surface area (Å²) < 4.78 is 13.7. The molecule has 2 aromatic carbocycles. The highest BCUT2D eigenvalue weighted by Gasteiger charge is 2.24. The molecule has 38 heavy (non-hydrogen) atoms. The summed E-state index contributed by atoms with van der Waals surface area (Å²) in [7, 11) is 2.10. The number of benzene rings is 2. The number of likely N-dealkylation sites (N-methyl/N-ethyl adjacent to an activating group) is 1. The van der Waals surface area contributed by atoms with Crippen molar-refractivity contribution in [1.82, 2.24) is 9.88 Å². The molecule has 0 bridgehead atoms. The number of hydrogen-bond donors (Lipinski definition) is 2. The van der Waals surface area contributed by atoms with Crippen LogP contribution in [0.25, 0.3) is 0 Å². The smallest absolute Gasteiger partial charge is 0.255 e. The average Bonchev–Trinajstić information content (AvgIpc) is 2.90. The number of nitrogen functional groups attached to an aromatic ring is 1. The second kappa shape index (κ2) is 10.9. The highest BCUT2D eigenvalue weighted by molar-refractivity contribution is 6.04. The van der Waals surface area contributed by atoms with Crippen LogP contribution in [0.15, 0.2) is 48.7 Å². The van der Waals surface area contributed by atoms with E-state index in [0.29, 0.717) is 22.4 Å². The number of anilines is 3. The first kappa shape index (κ1) is 26.7. The zero-order valence-corrected chi connectivity index (χ0v) is 22.1. The number of carbonyl (C=O) groups is 1. The van der Waals surface area contributed by atoms with Gasteiger partial charge in [-0.1, -0.05) is 17.9 Å². The Morgan fingerprint density at radius 2 is 1.84 bits per heavy atom. The first-order valence-corrected chi connectivity index (χ1v) is 12.4. The van der Waals surface area contributed by atoms with E-state index in [0.717, 1.165) is 43.0 Å². The average molecular weight is 511 g/mol. The number of nitrogens with one attached hydrogen (secondary N) is 1. The van der Waals surface area contributed by atoms with Gasteiger partial charge in [-0.2, -0.15) is 5.26 Å². The number of aromatic nitrogens is 1. The van der Waals surface area contributed by atoms with E-state index in [1.54, 1.807) is 12.1 Å². The molecule has 4 rings (SSSR count). The molecule has 0 radical (unpaired) electrons. The highest BCUT2D eigenvalue weighted by atomic mass is 19.1. The van der Waals surface area contributed by atoms with Crippen LogP contribution < -0.4 is 16.0 Å². The van der Waals surface area contributed by atoms with Gasteiger partial charge >= 0.3 is 0 Å². The second-order valence-corrected chi connectivity index (χ2v) is 10.1. The number of aryl methyl sites for hydroxylation is 1. The van der Waals surface area contributed by atoms with Gasteiger partial charge < -0.3 is 20.9 Å². The molecule has 3 N–H and O–H groups in total. The molecule has 1 fully saturated rings. The van der Waals surface area contributed by atoms with E-state index < -0.39 is 11.2 Å². The fourth-order valence-electron chi connectivity index (χ4n) is 4.11. The molecule has 1 saturated heterocycles. The van der Waals surface area contributed by atoms with Crippen LogP contribution in [0.1, 0.15) is 46.5 Å². The minimum atomic E-state index is -0.717. The summed E-state index contributed by atoms with van der Waals surface area (Å²) >= 11 is 0. The lowest BCUT2D eigenvalue weighted by atomic mass is 9.85. The zero-order chi connectivity index (χ0) is 27.4. The Hall–Kier alpha value is -4.40. The zero-order valence-electron chi connectivity index (χ0n) is 22.1. The van der Waals surface area contributed by atoms with E-state index in [4.69, 9.17) is 5.73 Å². The van der Waals surface area contributed by atoms with Crippen molar-refractivity contribution in [1.29, 1.82) is 5.26 Å². The van der Waals surface area contributed by atoms with Crippen molar-refractivity contribution in [2.45, 2.75) is 26.2 Å². The first-order chi connectivity index (χ1) is 18.1. The number of pyridine rings is 1. The van der Waals surface area contributed by atoms with Crippen molar-refractivity contribution in [3.8, 4) is 17.9 Å². The van der Waals surface area contributed by atoms with E-state index in [1.165, 1.54) is 12.3 Å². The van der Waals surface area contributed by atoms with Gasteiger partial charge in [-0.25, -0.2) is 9.37 Å². The predicted octanol–water partition coefficient (Wildman–Crippen LogP) is 4.32. The van der Waals surface area contributed by atoms with E-state index in [-0.39, 0.29) is 11.7 Å². The predicted molar refractivity (Wildman–Crippen MR) is 149 cm³/mol. The molecule has 0 unspecified atom stereocenters. The van der Waals surface area contributed by atoms with E-state index in [1.807, 2.05) is 45.0 Å². The summed E-state index contributed by atoms with van der Waals surface area (Å²) in [4.78, 5) is 21.6. The Kier molecular flexibility index (Phi) is 7.66. The summed E-state index contributed by atoms with van der Waals surface area (Å²) in [5, 5.41) is 12.8. The largest absolute Gasteiger partial charge is 0.381 e. The van der Waals surface area contributed by atoms with Gasteiger partial charge in [-0.3, -0.25) is 4.79 Å². The molecule has 1 aromatic heterocycles. The Morgan fingerprint density at radius 1 is 1.11 bits per heavy atom. The maximum absolute atomic E-state index is 13.7. The lowest BCUT2D eigenvalue weighted by Crippen LogP contribution is -2.44. The van der Waals surface area contributed by atoms with Gasteiger partial charge in [0.15, 0.2) is 11.6 Å². The number of rotatable bonds is 4. The maximum Gasteiger partial charge on any atom is 0.255 e. The van der Waals surface area contributed by atoms with Crippen molar-refractivity contribution in [2.75, 3.05) is 49.2 Å². The highest BCUT2D eigenvalue weighted by Crippen LogP contribution is 2.31. The third-order valence-corrected chi connectivity index (χ3v) is 6.76.